The summed E-state index contributed by atoms with van der Waals surface area (Å²) in [5.41, 5.74) is 5.79. The molecule has 1 rings (SSSR count). The summed E-state index contributed by atoms with van der Waals surface area (Å²) in [6.07, 6.45) is 1.27. The third-order valence-electron chi connectivity index (χ3n) is 2.75. The van der Waals surface area contributed by atoms with Gasteiger partial charge >= 0.3 is 0 Å². The molecule has 1 aromatic carbocycles. The van der Waals surface area contributed by atoms with Crippen LogP contribution in [0.25, 0.3) is 0 Å². The number of rotatable bonds is 8. The van der Waals surface area contributed by atoms with E-state index in [9.17, 15) is 9.59 Å². The average Bonchev–Trinajstić information content (AvgIpc) is 2.54. The lowest BCUT2D eigenvalue weighted by atomic mass is 10.2. The molecule has 1 aromatic rings. The van der Waals surface area contributed by atoms with Crippen molar-refractivity contribution in [1.29, 1.82) is 0 Å². The maximum Gasteiger partial charge on any atom is 0.264 e. The third-order valence-corrected chi connectivity index (χ3v) is 3.05. The molecule has 0 saturated carbocycles. The van der Waals surface area contributed by atoms with Crippen molar-refractivity contribution in [2.75, 3.05) is 33.3 Å². The molecule has 0 heterocycles. The van der Waals surface area contributed by atoms with Crippen molar-refractivity contribution in [2.24, 2.45) is 0 Å². The summed E-state index contributed by atoms with van der Waals surface area (Å²) in [7, 11) is 4.33. The van der Waals surface area contributed by atoms with Crippen LogP contribution in [0.5, 0.6) is 11.5 Å². The van der Waals surface area contributed by atoms with Gasteiger partial charge in [0.05, 0.1) is 24.9 Å². The molecule has 24 heavy (non-hydrogen) atoms. The normalized spacial score (nSPS) is 10.8. The topological polar surface area (TPSA) is 97.9 Å². The molecule has 0 fully saturated rings. The Hall–Kier alpha value is -2.45. The zero-order valence-electron chi connectivity index (χ0n) is 13.9. The lowest BCUT2D eigenvalue weighted by Crippen LogP contribution is -2.38. The molecule has 0 aromatic heterocycles. The number of ether oxygens (including phenoxy) is 3. The summed E-state index contributed by atoms with van der Waals surface area (Å²) in [6.45, 7) is 1.53. The van der Waals surface area contributed by atoms with Crippen molar-refractivity contribution >= 4 is 29.1 Å². The van der Waals surface area contributed by atoms with Gasteiger partial charge < -0.3 is 25.0 Å². The second kappa shape index (κ2) is 9.64. The molecule has 0 spiro atoms. The number of nitrogens with one attached hydrogen (secondary N) is 3. The minimum absolute atomic E-state index is 0.0890. The summed E-state index contributed by atoms with van der Waals surface area (Å²) >= 11 is 6.01. The van der Waals surface area contributed by atoms with E-state index < -0.39 is 5.91 Å². The molecule has 8 nitrogen and oxygen atoms in total. The van der Waals surface area contributed by atoms with E-state index in [0.717, 1.165) is 0 Å². The molecule has 0 unspecified atom stereocenters. The zero-order valence-corrected chi connectivity index (χ0v) is 14.6. The van der Waals surface area contributed by atoms with Gasteiger partial charge in [0.25, 0.3) is 5.91 Å². The van der Waals surface area contributed by atoms with E-state index in [1.165, 1.54) is 33.5 Å². The number of hydrazine groups is 1. The fourth-order valence-electron chi connectivity index (χ4n) is 1.70. The van der Waals surface area contributed by atoms with Crippen LogP contribution in [-0.2, 0) is 14.3 Å². The lowest BCUT2D eigenvalue weighted by molar-refractivity contribution is -0.125. The van der Waals surface area contributed by atoms with Crippen LogP contribution in [0.3, 0.4) is 0 Å². The molecule has 132 valence electrons. The highest BCUT2D eigenvalue weighted by Crippen LogP contribution is 2.35. The second-order valence-corrected chi connectivity index (χ2v) is 5.02. The van der Waals surface area contributed by atoms with Crippen molar-refractivity contribution in [2.45, 2.75) is 6.92 Å². The summed E-state index contributed by atoms with van der Waals surface area (Å²) in [6, 6.07) is 3.09. The van der Waals surface area contributed by atoms with Crippen molar-refractivity contribution in [1.82, 2.24) is 10.9 Å². The van der Waals surface area contributed by atoms with E-state index in [2.05, 4.69) is 20.9 Å². The van der Waals surface area contributed by atoms with E-state index >= 15 is 0 Å². The Morgan fingerprint density at radius 2 is 1.79 bits per heavy atom. The number of benzene rings is 1. The highest BCUT2D eigenvalue weighted by molar-refractivity contribution is 6.32. The van der Waals surface area contributed by atoms with Gasteiger partial charge in [-0.05, 0) is 6.92 Å². The van der Waals surface area contributed by atoms with Crippen molar-refractivity contribution in [3.63, 3.8) is 0 Å². The fraction of sp³-hybridized carbons (Fsp3) is 0.333. The van der Waals surface area contributed by atoms with Gasteiger partial charge in [0.2, 0.25) is 5.91 Å². The van der Waals surface area contributed by atoms with Crippen LogP contribution in [0, 0.1) is 0 Å². The van der Waals surface area contributed by atoms with Crippen LogP contribution < -0.4 is 25.6 Å². The Labute approximate surface area is 145 Å². The number of anilines is 1. The molecule has 3 N–H and O–H groups in total. The number of hydrogen-bond acceptors (Lipinski definition) is 6. The Morgan fingerprint density at radius 3 is 2.38 bits per heavy atom. The Balaban J connectivity index is 2.76. The molecule has 0 radical (unpaired) electrons. The Bertz CT molecular complexity index is 634. The number of methoxy groups -OCH3 is 3. The predicted molar refractivity (Wildman–Crippen MR) is 90.1 cm³/mol. The van der Waals surface area contributed by atoms with E-state index in [1.54, 1.807) is 13.0 Å². The highest BCUT2D eigenvalue weighted by Gasteiger charge is 2.12. The van der Waals surface area contributed by atoms with Crippen LogP contribution >= 0.6 is 11.6 Å². The van der Waals surface area contributed by atoms with Gasteiger partial charge in [0.1, 0.15) is 18.1 Å². The fourth-order valence-corrected chi connectivity index (χ4v) is 1.93. The summed E-state index contributed by atoms with van der Waals surface area (Å²) in [5.74, 6) is -0.00147. The summed E-state index contributed by atoms with van der Waals surface area (Å²) in [5, 5.41) is 3.01. The minimum Gasteiger partial charge on any atom is -0.495 e. The first-order chi connectivity index (χ1) is 11.4. The van der Waals surface area contributed by atoms with Gasteiger partial charge in [-0.3, -0.25) is 15.0 Å². The SMILES string of the molecule is COCC(=O)NN/C(C)=C/C(=O)Nc1cc(OC)c(Cl)cc1OC. The van der Waals surface area contributed by atoms with Crippen LogP contribution in [-0.4, -0.2) is 39.8 Å². The molecular weight excluding hydrogens is 338 g/mol. The van der Waals surface area contributed by atoms with Crippen LogP contribution in [0.4, 0.5) is 5.69 Å². The van der Waals surface area contributed by atoms with Crippen LogP contribution in [0.15, 0.2) is 23.9 Å². The van der Waals surface area contributed by atoms with Gasteiger partial charge in [-0.1, -0.05) is 11.6 Å². The number of halogens is 1. The first-order valence-corrected chi connectivity index (χ1v) is 7.23. The van der Waals surface area contributed by atoms with Crippen molar-refractivity contribution < 1.29 is 23.8 Å². The van der Waals surface area contributed by atoms with E-state index in [0.29, 0.717) is 27.9 Å². The van der Waals surface area contributed by atoms with Gasteiger partial charge in [-0.25, -0.2) is 0 Å². The molecule has 0 aliphatic carbocycles. The number of allylic oxidation sites excluding steroid dienone is 1. The lowest BCUT2D eigenvalue weighted by Gasteiger charge is -2.13. The second-order valence-electron chi connectivity index (χ2n) is 4.61. The summed E-state index contributed by atoms with van der Waals surface area (Å²) in [4.78, 5) is 23.3. The van der Waals surface area contributed by atoms with Gasteiger partial charge in [-0.15, -0.1) is 0 Å². The molecule has 0 bridgehead atoms. The molecule has 0 saturated heterocycles. The Morgan fingerprint density at radius 1 is 1.12 bits per heavy atom. The maximum atomic E-state index is 12.1. The first-order valence-electron chi connectivity index (χ1n) is 6.85. The molecule has 9 heteroatoms. The number of hydrogen-bond donors (Lipinski definition) is 3. The van der Waals surface area contributed by atoms with Crippen molar-refractivity contribution in [3.05, 3.63) is 28.9 Å². The molecule has 0 aliphatic rings. The Kier molecular flexibility index (Phi) is 7.87. The van der Waals surface area contributed by atoms with Crippen LogP contribution in [0.2, 0.25) is 5.02 Å². The van der Waals surface area contributed by atoms with E-state index in [1.807, 2.05) is 0 Å². The maximum absolute atomic E-state index is 12.1. The van der Waals surface area contributed by atoms with E-state index in [4.69, 9.17) is 21.1 Å². The monoisotopic (exact) mass is 357 g/mol. The number of amides is 2. The number of carbonyl (C=O) groups excluding carboxylic acids is 2. The molecular formula is C15H20ClN3O5. The van der Waals surface area contributed by atoms with Gasteiger partial charge in [-0.2, -0.15) is 0 Å². The molecule has 2 amide bonds. The average molecular weight is 358 g/mol. The first kappa shape index (κ1) is 19.6. The third kappa shape index (κ3) is 5.98. The van der Waals surface area contributed by atoms with Crippen LogP contribution in [0.1, 0.15) is 6.92 Å². The van der Waals surface area contributed by atoms with Gasteiger partial charge in [0.15, 0.2) is 0 Å². The standard InChI is InChI=1S/C15H20ClN3O5/c1-9(18-19-15(21)8-22-2)5-14(20)17-11-7-12(23-3)10(16)6-13(11)24-4/h5-7,18H,8H2,1-4H3,(H,17,20)(H,19,21)/b9-5+. The summed E-state index contributed by atoms with van der Waals surface area (Å²) < 4.78 is 15.0. The van der Waals surface area contributed by atoms with E-state index in [-0.39, 0.29) is 12.5 Å². The highest BCUT2D eigenvalue weighted by atomic mass is 35.5. The minimum atomic E-state index is -0.427. The smallest absolute Gasteiger partial charge is 0.264 e. The predicted octanol–water partition coefficient (Wildman–Crippen LogP) is 1.47. The molecule has 0 atom stereocenters. The largest absolute Gasteiger partial charge is 0.495 e. The zero-order chi connectivity index (χ0) is 18.1. The van der Waals surface area contributed by atoms with Crippen molar-refractivity contribution in [3.8, 4) is 11.5 Å². The van der Waals surface area contributed by atoms with Gasteiger partial charge in [0, 0.05) is 31.0 Å². The number of carbonyl (C=O) groups is 2. The quantitative estimate of drug-likeness (QED) is 0.481. The molecule has 0 aliphatic heterocycles.